The Labute approximate surface area is 175 Å². The molecule has 1 aliphatic heterocycles. The number of nitro benzene ring substituents is 1. The molecule has 1 aromatic heterocycles. The molecule has 1 unspecified atom stereocenters. The Balaban J connectivity index is 1.46. The first kappa shape index (κ1) is 19.7. The number of cyclic esters (lactones) is 1. The van der Waals surface area contributed by atoms with Crippen molar-refractivity contribution in [3.63, 3.8) is 0 Å². The van der Waals surface area contributed by atoms with Gasteiger partial charge in [-0.25, -0.2) is 9.78 Å². The van der Waals surface area contributed by atoms with Crippen molar-refractivity contribution < 1.29 is 19.2 Å². The van der Waals surface area contributed by atoms with Crippen LogP contribution < -0.4 is 5.32 Å². The molecule has 152 valence electrons. The number of nitro groups is 1. The average molecular weight is 423 g/mol. The van der Waals surface area contributed by atoms with E-state index in [1.165, 1.54) is 23.5 Å². The summed E-state index contributed by atoms with van der Waals surface area (Å²) in [6.45, 7) is 1.58. The molecule has 0 bridgehead atoms. The Morgan fingerprint density at radius 1 is 1.30 bits per heavy atom. The summed E-state index contributed by atoms with van der Waals surface area (Å²) >= 11 is 1.27. The zero-order chi connectivity index (χ0) is 21.3. The number of anilines is 1. The Morgan fingerprint density at radius 2 is 2.10 bits per heavy atom. The number of carbonyl (C=O) groups is 2. The Kier molecular flexibility index (Phi) is 5.04. The number of nitrogens with one attached hydrogen (secondary N) is 1. The van der Waals surface area contributed by atoms with Crippen molar-refractivity contribution in [2.75, 3.05) is 5.32 Å². The molecule has 0 aliphatic carbocycles. The molecule has 0 fully saturated rings. The molecular formula is C21H17N3O5S. The molecule has 1 atom stereocenters. The summed E-state index contributed by atoms with van der Waals surface area (Å²) in [6.07, 6.45) is 2.34. The van der Waals surface area contributed by atoms with E-state index in [9.17, 15) is 19.7 Å². The standard InChI is InChI=1S/C21H17N3O5S/c1-21(11-14-6-2-3-8-17(14)18(25)29-21)19(26)23-20-22-12-16(30-20)10-13-5-4-7-15(9-13)24(27)28/h2-9,12H,10-11H2,1H3,(H,22,23,26). The van der Waals surface area contributed by atoms with E-state index in [4.69, 9.17) is 4.74 Å². The summed E-state index contributed by atoms with van der Waals surface area (Å²) in [4.78, 5) is 40.6. The third-order valence-electron chi connectivity index (χ3n) is 4.84. The molecule has 8 nitrogen and oxygen atoms in total. The molecule has 0 saturated heterocycles. The van der Waals surface area contributed by atoms with E-state index in [0.717, 1.165) is 16.0 Å². The van der Waals surface area contributed by atoms with E-state index in [-0.39, 0.29) is 12.1 Å². The lowest BCUT2D eigenvalue weighted by molar-refractivity contribution is -0.384. The van der Waals surface area contributed by atoms with Gasteiger partial charge in [-0.1, -0.05) is 30.3 Å². The molecule has 1 amide bonds. The zero-order valence-electron chi connectivity index (χ0n) is 16.0. The number of non-ortho nitro benzene ring substituents is 1. The summed E-state index contributed by atoms with van der Waals surface area (Å²) in [5.74, 6) is -0.985. The predicted octanol–water partition coefficient (Wildman–Crippen LogP) is 3.75. The molecule has 1 aliphatic rings. The number of nitrogens with zero attached hydrogens (tertiary/aromatic N) is 2. The van der Waals surface area contributed by atoms with E-state index in [1.54, 1.807) is 37.4 Å². The second-order valence-electron chi connectivity index (χ2n) is 7.14. The number of hydrogen-bond acceptors (Lipinski definition) is 7. The second kappa shape index (κ2) is 7.68. The number of amides is 1. The molecule has 0 saturated carbocycles. The largest absolute Gasteiger partial charge is 0.445 e. The number of hydrogen-bond donors (Lipinski definition) is 1. The first-order valence-electron chi connectivity index (χ1n) is 9.15. The van der Waals surface area contributed by atoms with Crippen LogP contribution in [0.1, 0.15) is 33.3 Å². The summed E-state index contributed by atoms with van der Waals surface area (Å²) in [5.41, 5.74) is 0.693. The first-order valence-corrected chi connectivity index (χ1v) is 9.96. The highest BCUT2D eigenvalue weighted by Crippen LogP contribution is 2.30. The topological polar surface area (TPSA) is 111 Å². The third-order valence-corrected chi connectivity index (χ3v) is 5.75. The van der Waals surface area contributed by atoms with Crippen molar-refractivity contribution >= 4 is 34.0 Å². The van der Waals surface area contributed by atoms with Crippen LogP contribution in [-0.2, 0) is 22.4 Å². The maximum Gasteiger partial charge on any atom is 0.339 e. The summed E-state index contributed by atoms with van der Waals surface area (Å²) in [7, 11) is 0. The van der Waals surface area contributed by atoms with Gasteiger partial charge >= 0.3 is 5.97 Å². The minimum Gasteiger partial charge on any atom is -0.445 e. The number of ether oxygens (including phenoxy) is 1. The maximum absolute atomic E-state index is 12.8. The van der Waals surface area contributed by atoms with Crippen molar-refractivity contribution in [3.8, 4) is 0 Å². The van der Waals surface area contributed by atoms with E-state index in [0.29, 0.717) is 17.1 Å². The van der Waals surface area contributed by atoms with Gasteiger partial charge in [-0.2, -0.15) is 0 Å². The highest BCUT2D eigenvalue weighted by atomic mass is 32.1. The smallest absolute Gasteiger partial charge is 0.339 e. The van der Waals surface area contributed by atoms with Crippen LogP contribution in [0.2, 0.25) is 0 Å². The number of carbonyl (C=O) groups excluding carboxylic acids is 2. The minimum absolute atomic E-state index is 0.0258. The van der Waals surface area contributed by atoms with Crippen LogP contribution in [0.15, 0.2) is 54.7 Å². The Morgan fingerprint density at radius 3 is 2.90 bits per heavy atom. The fraction of sp³-hybridized carbons (Fsp3) is 0.190. The van der Waals surface area contributed by atoms with Crippen LogP contribution in [0.5, 0.6) is 0 Å². The average Bonchev–Trinajstić information content (AvgIpc) is 3.14. The molecule has 1 N–H and O–H groups in total. The monoisotopic (exact) mass is 423 g/mol. The Hall–Kier alpha value is -3.59. The molecule has 2 aromatic carbocycles. The Bertz CT molecular complexity index is 1160. The van der Waals surface area contributed by atoms with E-state index < -0.39 is 22.4 Å². The lowest BCUT2D eigenvalue weighted by atomic mass is 9.89. The summed E-state index contributed by atoms with van der Waals surface area (Å²) in [5, 5.41) is 14.0. The number of fused-ring (bicyclic) bond motifs is 1. The summed E-state index contributed by atoms with van der Waals surface area (Å²) < 4.78 is 5.43. The van der Waals surface area contributed by atoms with Gasteiger partial charge < -0.3 is 4.74 Å². The highest BCUT2D eigenvalue weighted by molar-refractivity contribution is 7.15. The predicted molar refractivity (Wildman–Crippen MR) is 111 cm³/mol. The molecular weight excluding hydrogens is 406 g/mol. The lowest BCUT2D eigenvalue weighted by Crippen LogP contribution is -2.48. The summed E-state index contributed by atoms with van der Waals surface area (Å²) in [6, 6.07) is 13.4. The van der Waals surface area contributed by atoms with Crippen LogP contribution in [0.3, 0.4) is 0 Å². The fourth-order valence-electron chi connectivity index (χ4n) is 3.32. The molecule has 0 radical (unpaired) electrons. The minimum atomic E-state index is -1.34. The molecule has 4 rings (SSSR count). The van der Waals surface area contributed by atoms with E-state index in [1.807, 2.05) is 12.1 Å². The van der Waals surface area contributed by atoms with Crippen molar-refractivity contribution in [2.24, 2.45) is 0 Å². The van der Waals surface area contributed by atoms with Crippen molar-refractivity contribution in [3.05, 3.63) is 86.4 Å². The quantitative estimate of drug-likeness (QED) is 0.380. The molecule has 9 heteroatoms. The van der Waals surface area contributed by atoms with Gasteiger partial charge in [0.2, 0.25) is 0 Å². The normalized spacial score (nSPS) is 17.7. The second-order valence-corrected chi connectivity index (χ2v) is 8.26. The van der Waals surface area contributed by atoms with E-state index in [2.05, 4.69) is 10.3 Å². The van der Waals surface area contributed by atoms with Crippen LogP contribution >= 0.6 is 11.3 Å². The van der Waals surface area contributed by atoms with Gasteiger partial charge in [0.05, 0.1) is 10.5 Å². The lowest BCUT2D eigenvalue weighted by Gasteiger charge is -2.32. The van der Waals surface area contributed by atoms with Crippen molar-refractivity contribution in [1.29, 1.82) is 0 Å². The molecule has 0 spiro atoms. The molecule has 2 heterocycles. The zero-order valence-corrected chi connectivity index (χ0v) is 16.8. The van der Waals surface area contributed by atoms with Crippen molar-refractivity contribution in [2.45, 2.75) is 25.4 Å². The number of thiazole rings is 1. The van der Waals surface area contributed by atoms with Gasteiger partial charge in [0.15, 0.2) is 10.7 Å². The number of rotatable bonds is 5. The SMILES string of the molecule is CC1(C(=O)Nc2ncc(Cc3cccc([N+](=O)[O-])c3)s2)Cc2ccccc2C(=O)O1. The number of aromatic nitrogens is 1. The third kappa shape index (κ3) is 3.92. The van der Waals surface area contributed by atoms with Gasteiger partial charge in [0.25, 0.3) is 11.6 Å². The highest BCUT2D eigenvalue weighted by Gasteiger charge is 2.42. The first-order chi connectivity index (χ1) is 14.3. The van der Waals surface area contributed by atoms with Crippen LogP contribution in [-0.4, -0.2) is 27.4 Å². The number of esters is 1. The fourth-order valence-corrected chi connectivity index (χ4v) is 4.16. The van der Waals surface area contributed by atoms with Gasteiger partial charge in [-0.05, 0) is 24.1 Å². The van der Waals surface area contributed by atoms with Gasteiger partial charge in [-0.15, -0.1) is 11.3 Å². The van der Waals surface area contributed by atoms with E-state index >= 15 is 0 Å². The molecule has 30 heavy (non-hydrogen) atoms. The van der Waals surface area contributed by atoms with Crippen LogP contribution in [0.25, 0.3) is 0 Å². The van der Waals surface area contributed by atoms with Crippen LogP contribution in [0, 0.1) is 10.1 Å². The van der Waals surface area contributed by atoms with Gasteiger partial charge in [0, 0.05) is 36.0 Å². The molecule has 3 aromatic rings. The maximum atomic E-state index is 12.8. The van der Waals surface area contributed by atoms with Crippen LogP contribution in [0.4, 0.5) is 10.8 Å². The van der Waals surface area contributed by atoms with Crippen molar-refractivity contribution in [1.82, 2.24) is 4.98 Å². The van der Waals surface area contributed by atoms with Gasteiger partial charge in [0.1, 0.15) is 0 Å². The van der Waals surface area contributed by atoms with Gasteiger partial charge in [-0.3, -0.25) is 20.2 Å². The number of benzene rings is 2.